The number of rotatable bonds is 6. The molecule has 0 spiro atoms. The monoisotopic (exact) mass is 250 g/mol. The van der Waals surface area contributed by atoms with E-state index in [4.69, 9.17) is 20.4 Å². The Labute approximate surface area is 94.3 Å². The Morgan fingerprint density at radius 2 is 1.12 bits per heavy atom. The van der Waals surface area contributed by atoms with Gasteiger partial charge >= 0.3 is 17.9 Å². The largest absolute Gasteiger partial charge is 0.481 e. The molecule has 9 heteroatoms. The van der Waals surface area contributed by atoms with Crippen LogP contribution in [0.25, 0.3) is 0 Å². The van der Waals surface area contributed by atoms with Crippen LogP contribution < -0.4 is 0 Å². The van der Waals surface area contributed by atoms with Crippen LogP contribution in [-0.2, 0) is 24.0 Å². The molecule has 0 radical (unpaired) electrons. The van der Waals surface area contributed by atoms with Gasteiger partial charge in [0.1, 0.15) is 19.4 Å². The van der Waals surface area contributed by atoms with Gasteiger partial charge in [0.25, 0.3) is 5.78 Å². The molecule has 0 heterocycles. The number of aliphatic carboxylic acids is 3. The van der Waals surface area contributed by atoms with Crippen molar-refractivity contribution in [2.75, 3.05) is 6.61 Å². The highest BCUT2D eigenvalue weighted by Gasteiger charge is 2.10. The van der Waals surface area contributed by atoms with E-state index < -0.39 is 48.9 Å². The van der Waals surface area contributed by atoms with Crippen molar-refractivity contribution in [3.05, 3.63) is 0 Å². The van der Waals surface area contributed by atoms with Crippen molar-refractivity contribution >= 4 is 29.5 Å². The first-order chi connectivity index (χ1) is 7.70. The van der Waals surface area contributed by atoms with Crippen LogP contribution in [-0.4, -0.2) is 56.5 Å². The number of ketones is 2. The van der Waals surface area contributed by atoms with Crippen LogP contribution in [0, 0.1) is 0 Å². The summed E-state index contributed by atoms with van der Waals surface area (Å²) < 4.78 is 0. The maximum absolute atomic E-state index is 10.3. The SMILES string of the molecule is O=C(O)C(=O)CO.O=C(O)CC(=O)CC(=O)O. The summed E-state index contributed by atoms with van der Waals surface area (Å²) in [5.41, 5.74) is 0. The number of carboxylic acids is 3. The molecule has 0 atom stereocenters. The number of aliphatic hydroxyl groups excluding tert-OH is 1. The molecule has 0 aliphatic carbocycles. The Hall–Kier alpha value is -2.29. The van der Waals surface area contributed by atoms with E-state index in [1.165, 1.54) is 0 Å². The average molecular weight is 250 g/mol. The fraction of sp³-hybridized carbons (Fsp3) is 0.375. The molecular weight excluding hydrogens is 240 g/mol. The standard InChI is InChI=1S/C5H6O5.C3H4O4/c6-3(1-4(7)8)2-5(9)10;4-1-2(5)3(6)7/h1-2H2,(H,7,8)(H,9,10);4H,1H2,(H,6,7). The van der Waals surface area contributed by atoms with Crippen molar-refractivity contribution in [1.82, 2.24) is 0 Å². The van der Waals surface area contributed by atoms with E-state index in [1.54, 1.807) is 0 Å². The molecule has 0 aliphatic rings. The van der Waals surface area contributed by atoms with Gasteiger partial charge in [-0.1, -0.05) is 0 Å². The summed E-state index contributed by atoms with van der Waals surface area (Å²) in [6.45, 7) is -0.921. The van der Waals surface area contributed by atoms with Gasteiger partial charge in [0.15, 0.2) is 5.78 Å². The normalized spacial score (nSPS) is 8.53. The molecule has 96 valence electrons. The lowest BCUT2D eigenvalue weighted by Gasteiger charge is -1.89. The molecule has 17 heavy (non-hydrogen) atoms. The first kappa shape index (κ1) is 17.1. The van der Waals surface area contributed by atoms with Crippen LogP contribution in [0.2, 0.25) is 0 Å². The first-order valence-corrected chi connectivity index (χ1v) is 4.03. The third kappa shape index (κ3) is 13.7. The molecule has 0 bridgehead atoms. The molecule has 0 aromatic carbocycles. The van der Waals surface area contributed by atoms with Gasteiger partial charge in [-0.15, -0.1) is 0 Å². The molecule has 0 rings (SSSR count). The summed E-state index contributed by atoms with van der Waals surface area (Å²) in [5.74, 6) is -6.17. The summed E-state index contributed by atoms with van der Waals surface area (Å²) in [5, 5.41) is 31.4. The predicted molar refractivity (Wildman–Crippen MR) is 49.2 cm³/mol. The number of Topliss-reactive ketones (excluding diaryl/α,β-unsaturated/α-hetero) is 2. The Morgan fingerprint density at radius 1 is 0.765 bits per heavy atom. The van der Waals surface area contributed by atoms with E-state index >= 15 is 0 Å². The van der Waals surface area contributed by atoms with Gasteiger partial charge in [-0.3, -0.25) is 19.2 Å². The molecule has 0 fully saturated rings. The average Bonchev–Trinajstić information content (AvgIpc) is 2.14. The smallest absolute Gasteiger partial charge is 0.374 e. The minimum absolute atomic E-state index is 0.716. The molecule has 0 aliphatic heterocycles. The zero-order valence-corrected chi connectivity index (χ0v) is 8.45. The molecular formula is C8H10O9. The molecule has 0 saturated heterocycles. The van der Waals surface area contributed by atoms with E-state index in [0.29, 0.717) is 0 Å². The highest BCUT2D eigenvalue weighted by Crippen LogP contribution is 1.88. The number of aliphatic hydroxyl groups is 1. The molecule has 0 aromatic rings. The fourth-order valence-corrected chi connectivity index (χ4v) is 0.467. The molecule has 0 unspecified atom stereocenters. The summed E-state index contributed by atoms with van der Waals surface area (Å²) >= 11 is 0. The zero-order valence-electron chi connectivity index (χ0n) is 8.45. The Bertz CT molecular complexity index is 312. The highest BCUT2D eigenvalue weighted by atomic mass is 16.4. The van der Waals surface area contributed by atoms with E-state index in [-0.39, 0.29) is 0 Å². The van der Waals surface area contributed by atoms with Crippen molar-refractivity contribution < 1.29 is 44.4 Å². The van der Waals surface area contributed by atoms with Crippen LogP contribution in [0.5, 0.6) is 0 Å². The van der Waals surface area contributed by atoms with Crippen LogP contribution in [0.1, 0.15) is 12.8 Å². The fourth-order valence-electron chi connectivity index (χ4n) is 0.467. The maximum atomic E-state index is 10.3. The van der Waals surface area contributed by atoms with Crippen LogP contribution in [0.4, 0.5) is 0 Å². The lowest BCUT2D eigenvalue weighted by molar-refractivity contribution is -0.150. The second kappa shape index (κ2) is 8.97. The van der Waals surface area contributed by atoms with Gasteiger partial charge in [-0.2, -0.15) is 0 Å². The minimum Gasteiger partial charge on any atom is -0.481 e. The summed E-state index contributed by atoms with van der Waals surface area (Å²) in [4.78, 5) is 48.9. The molecule has 0 saturated carbocycles. The van der Waals surface area contributed by atoms with Crippen molar-refractivity contribution in [1.29, 1.82) is 0 Å². The lowest BCUT2D eigenvalue weighted by atomic mass is 10.2. The summed E-state index contributed by atoms with van der Waals surface area (Å²) in [6, 6.07) is 0. The van der Waals surface area contributed by atoms with Crippen LogP contribution in [0.15, 0.2) is 0 Å². The zero-order chi connectivity index (χ0) is 14.0. The van der Waals surface area contributed by atoms with Crippen LogP contribution in [0.3, 0.4) is 0 Å². The van der Waals surface area contributed by atoms with Crippen molar-refractivity contribution in [3.63, 3.8) is 0 Å². The van der Waals surface area contributed by atoms with E-state index in [0.717, 1.165) is 0 Å². The first-order valence-electron chi connectivity index (χ1n) is 4.03. The quantitative estimate of drug-likeness (QED) is 0.312. The second-order valence-electron chi connectivity index (χ2n) is 2.57. The molecule has 0 aromatic heterocycles. The number of carbonyl (C=O) groups excluding carboxylic acids is 2. The highest BCUT2D eigenvalue weighted by molar-refractivity contribution is 6.33. The summed E-state index contributed by atoms with van der Waals surface area (Å²) in [7, 11) is 0. The van der Waals surface area contributed by atoms with E-state index in [9.17, 15) is 24.0 Å². The molecule has 9 nitrogen and oxygen atoms in total. The number of carbonyl (C=O) groups is 5. The van der Waals surface area contributed by atoms with E-state index in [1.807, 2.05) is 0 Å². The Balaban J connectivity index is 0. The van der Waals surface area contributed by atoms with Crippen LogP contribution >= 0.6 is 0 Å². The number of hydrogen-bond acceptors (Lipinski definition) is 6. The van der Waals surface area contributed by atoms with Gasteiger partial charge in [0.05, 0.1) is 0 Å². The van der Waals surface area contributed by atoms with Gasteiger partial charge in [-0.25, -0.2) is 4.79 Å². The summed E-state index contributed by atoms with van der Waals surface area (Å²) in [6.07, 6.45) is -1.43. The second-order valence-corrected chi connectivity index (χ2v) is 2.57. The van der Waals surface area contributed by atoms with Gasteiger partial charge in [-0.05, 0) is 0 Å². The molecule has 0 amide bonds. The maximum Gasteiger partial charge on any atom is 0.374 e. The van der Waals surface area contributed by atoms with E-state index in [2.05, 4.69) is 0 Å². The Morgan fingerprint density at radius 3 is 1.24 bits per heavy atom. The van der Waals surface area contributed by atoms with Crippen molar-refractivity contribution in [2.24, 2.45) is 0 Å². The third-order valence-electron chi connectivity index (χ3n) is 1.08. The predicted octanol–water partition coefficient (Wildman–Crippen LogP) is -1.86. The van der Waals surface area contributed by atoms with Gasteiger partial charge < -0.3 is 20.4 Å². The lowest BCUT2D eigenvalue weighted by Crippen LogP contribution is -2.15. The minimum atomic E-state index is -1.59. The molecule has 4 N–H and O–H groups in total. The van der Waals surface area contributed by atoms with Crippen molar-refractivity contribution in [2.45, 2.75) is 12.8 Å². The number of hydrogen-bond donors (Lipinski definition) is 4. The van der Waals surface area contributed by atoms with Gasteiger partial charge in [0.2, 0.25) is 0 Å². The third-order valence-corrected chi connectivity index (χ3v) is 1.08. The van der Waals surface area contributed by atoms with Crippen molar-refractivity contribution in [3.8, 4) is 0 Å². The van der Waals surface area contributed by atoms with Gasteiger partial charge in [0, 0.05) is 0 Å². The Kier molecular flexibility index (Phi) is 9.03. The topological polar surface area (TPSA) is 166 Å². The number of carboxylic acid groups (broad SMARTS) is 3.